The van der Waals surface area contributed by atoms with Gasteiger partial charge in [-0.3, -0.25) is 4.90 Å². The Kier molecular flexibility index (Phi) is 10.3. The predicted molar refractivity (Wildman–Crippen MR) is 314 cm³/mol. The SMILES string of the molecule is Cc1cc2c3c(c1)N(c1ccc4c(c1)C(C)(C)CCC4)c1oc4cc5c(cc4c1B3c1cc3c(cc1N2c1ccc(C(C)(C)C)cc1-c1ccc(C(C)(C)C)cc1)C(C)(C)CCC3(C)C)C(C)(C)CCC5(C)C. The third kappa shape index (κ3) is 7.40. The molecular weight excluding hydrogens is 884 g/mol. The van der Waals surface area contributed by atoms with E-state index in [9.17, 15) is 0 Å². The minimum atomic E-state index is -0.0642. The number of nitrogens with zero attached hydrogens (tertiary/aromatic N) is 2. The summed E-state index contributed by atoms with van der Waals surface area (Å²) >= 11 is 0. The van der Waals surface area contributed by atoms with E-state index < -0.39 is 0 Å². The van der Waals surface area contributed by atoms with E-state index in [-0.39, 0.29) is 44.6 Å². The summed E-state index contributed by atoms with van der Waals surface area (Å²) in [5, 5.41) is 1.26. The Morgan fingerprint density at radius 2 is 1.03 bits per heavy atom. The quantitative estimate of drug-likeness (QED) is 0.165. The Morgan fingerprint density at radius 3 is 1.64 bits per heavy atom. The van der Waals surface area contributed by atoms with E-state index in [0.29, 0.717) is 0 Å². The van der Waals surface area contributed by atoms with Gasteiger partial charge in [0.1, 0.15) is 5.58 Å². The van der Waals surface area contributed by atoms with Gasteiger partial charge in [0, 0.05) is 39.2 Å². The van der Waals surface area contributed by atoms with E-state index in [1.807, 2.05) is 0 Å². The van der Waals surface area contributed by atoms with Gasteiger partial charge in [0.25, 0.3) is 6.71 Å². The summed E-state index contributed by atoms with van der Waals surface area (Å²) in [7, 11) is 0. The standard InChI is InChI=1S/C69H81BN2O/c1-41-33-57-61-58(34-41)72(55-27-25-45(64(5,6)7)35-47(55)42-20-23-44(24-21-42)63(2,3)4)56-39-52-51(67(12,13)30-31-68(52,14)15)38-54(56)70(61)60-48-37-50-53(69(16,17)32-29-66(50,10)11)40-59(48)73-62(60)71(57)46-26-22-43-19-18-28-65(8,9)49(43)36-46/h20-27,33-40H,18-19,28-32H2,1-17H3. The number of hydrogen-bond acceptors (Lipinski definition) is 3. The first-order chi connectivity index (χ1) is 34.1. The number of furan rings is 1. The largest absolute Gasteiger partial charge is 0.440 e. The summed E-state index contributed by atoms with van der Waals surface area (Å²) in [6.07, 6.45) is 8.18. The van der Waals surface area contributed by atoms with Crippen LogP contribution in [0.15, 0.2) is 101 Å². The van der Waals surface area contributed by atoms with E-state index in [1.165, 1.54) is 124 Å². The van der Waals surface area contributed by atoms with Gasteiger partial charge in [-0.15, -0.1) is 0 Å². The first-order valence-electron chi connectivity index (χ1n) is 28.0. The number of fused-ring (bicyclic) bond motifs is 9. The molecule has 0 bridgehead atoms. The van der Waals surface area contributed by atoms with Crippen LogP contribution in [0.1, 0.15) is 199 Å². The molecule has 3 aliphatic carbocycles. The number of hydrogen-bond donors (Lipinski definition) is 0. The molecule has 0 atom stereocenters. The van der Waals surface area contributed by atoms with Crippen molar-refractivity contribution in [2.75, 3.05) is 9.80 Å². The molecule has 6 aromatic carbocycles. The van der Waals surface area contributed by atoms with E-state index in [1.54, 1.807) is 0 Å². The average Bonchev–Trinajstić information content (AvgIpc) is 3.68. The highest BCUT2D eigenvalue weighted by atomic mass is 16.4. The zero-order valence-corrected chi connectivity index (χ0v) is 47.6. The Hall–Kier alpha value is -5.48. The molecule has 2 aliphatic heterocycles. The number of rotatable bonds is 3. The molecule has 0 radical (unpaired) electrons. The lowest BCUT2D eigenvalue weighted by atomic mass is 9.33. The minimum Gasteiger partial charge on any atom is -0.440 e. The molecule has 73 heavy (non-hydrogen) atoms. The second kappa shape index (κ2) is 15.6. The highest BCUT2D eigenvalue weighted by molar-refractivity contribution is 7.01. The molecule has 0 unspecified atom stereocenters. The molecule has 4 heteroatoms. The van der Waals surface area contributed by atoms with E-state index >= 15 is 0 Å². The summed E-state index contributed by atoms with van der Waals surface area (Å²) < 4.78 is 7.65. The average molecular weight is 965 g/mol. The van der Waals surface area contributed by atoms with Gasteiger partial charge >= 0.3 is 0 Å². The molecule has 1 aromatic heterocycles. The third-order valence-corrected chi connectivity index (χ3v) is 19.3. The van der Waals surface area contributed by atoms with Gasteiger partial charge in [-0.2, -0.15) is 0 Å². The predicted octanol–water partition coefficient (Wildman–Crippen LogP) is 17.4. The van der Waals surface area contributed by atoms with Crippen LogP contribution in [0.2, 0.25) is 0 Å². The van der Waals surface area contributed by atoms with Crippen molar-refractivity contribution in [3.63, 3.8) is 0 Å². The lowest BCUT2D eigenvalue weighted by molar-refractivity contribution is 0.332. The molecule has 376 valence electrons. The fraction of sp³-hybridized carbons (Fsp3) is 0.449. The summed E-state index contributed by atoms with van der Waals surface area (Å²) in [4.78, 5) is 5.27. The van der Waals surface area contributed by atoms with Crippen LogP contribution in [0.3, 0.4) is 0 Å². The summed E-state index contributed by atoms with van der Waals surface area (Å²) in [6.45, 7) is 41.0. The maximum Gasteiger partial charge on any atom is 0.257 e. The number of benzene rings is 6. The molecule has 3 nitrogen and oxygen atoms in total. The molecule has 12 rings (SSSR count). The second-order valence-corrected chi connectivity index (χ2v) is 28.9. The van der Waals surface area contributed by atoms with Crippen LogP contribution < -0.4 is 26.2 Å². The smallest absolute Gasteiger partial charge is 0.257 e. The lowest BCUT2D eigenvalue weighted by Gasteiger charge is -2.47. The highest BCUT2D eigenvalue weighted by Gasteiger charge is 2.50. The molecule has 0 N–H and O–H groups in total. The van der Waals surface area contributed by atoms with Crippen LogP contribution in [-0.2, 0) is 44.3 Å². The summed E-state index contributed by atoms with van der Waals surface area (Å²) in [6, 6.07) is 39.7. The van der Waals surface area contributed by atoms with Crippen molar-refractivity contribution in [3.05, 3.63) is 147 Å². The van der Waals surface area contributed by atoms with Crippen LogP contribution in [0.4, 0.5) is 34.3 Å². The van der Waals surface area contributed by atoms with Crippen LogP contribution in [-0.4, -0.2) is 6.71 Å². The minimum absolute atomic E-state index is 0.0137. The van der Waals surface area contributed by atoms with Gasteiger partial charge in [-0.05, 0) is 211 Å². The molecule has 0 amide bonds. The number of anilines is 6. The van der Waals surface area contributed by atoms with Gasteiger partial charge in [-0.1, -0.05) is 153 Å². The van der Waals surface area contributed by atoms with E-state index in [0.717, 1.165) is 43.6 Å². The number of aryl methyl sites for hydroxylation is 2. The van der Waals surface area contributed by atoms with Crippen molar-refractivity contribution >= 4 is 68.4 Å². The van der Waals surface area contributed by atoms with Crippen molar-refractivity contribution in [3.8, 4) is 11.1 Å². The Balaban J connectivity index is 1.22. The van der Waals surface area contributed by atoms with Gasteiger partial charge in [-0.25, -0.2) is 0 Å². The normalized spacial score (nSPS) is 19.7. The van der Waals surface area contributed by atoms with Crippen molar-refractivity contribution < 1.29 is 4.42 Å². The zero-order chi connectivity index (χ0) is 51.9. The van der Waals surface area contributed by atoms with Crippen molar-refractivity contribution in [2.45, 2.75) is 201 Å². The van der Waals surface area contributed by atoms with Gasteiger partial charge in [0.15, 0.2) is 0 Å². The molecule has 0 spiro atoms. The zero-order valence-electron chi connectivity index (χ0n) is 47.6. The topological polar surface area (TPSA) is 19.6 Å². The Bertz CT molecular complexity index is 3450. The van der Waals surface area contributed by atoms with Crippen LogP contribution in [0, 0.1) is 6.92 Å². The van der Waals surface area contributed by atoms with E-state index in [2.05, 4.69) is 225 Å². The Labute approximate surface area is 439 Å². The van der Waals surface area contributed by atoms with Crippen LogP contribution in [0.5, 0.6) is 0 Å². The van der Waals surface area contributed by atoms with Gasteiger partial charge < -0.3 is 9.32 Å². The molecule has 7 aromatic rings. The first kappa shape index (κ1) is 48.5. The molecule has 5 aliphatic rings. The third-order valence-electron chi connectivity index (χ3n) is 19.3. The molecule has 3 heterocycles. The van der Waals surface area contributed by atoms with Crippen molar-refractivity contribution in [2.24, 2.45) is 0 Å². The fourth-order valence-corrected chi connectivity index (χ4v) is 14.3. The van der Waals surface area contributed by atoms with Crippen LogP contribution in [0.25, 0.3) is 22.1 Å². The first-order valence-corrected chi connectivity index (χ1v) is 28.0. The summed E-state index contributed by atoms with van der Waals surface area (Å²) in [5.74, 6) is 0.974. The van der Waals surface area contributed by atoms with Gasteiger partial charge in [0.05, 0.1) is 5.69 Å². The highest BCUT2D eigenvalue weighted by Crippen LogP contribution is 2.54. The van der Waals surface area contributed by atoms with Crippen molar-refractivity contribution in [1.29, 1.82) is 0 Å². The van der Waals surface area contributed by atoms with E-state index in [4.69, 9.17) is 4.42 Å². The molecular formula is C69H81BN2O. The molecule has 0 saturated carbocycles. The van der Waals surface area contributed by atoms with Gasteiger partial charge in [0.2, 0.25) is 5.88 Å². The molecule has 0 fully saturated rings. The van der Waals surface area contributed by atoms with Crippen molar-refractivity contribution in [1.82, 2.24) is 0 Å². The lowest BCUT2D eigenvalue weighted by Crippen LogP contribution is -2.61. The second-order valence-electron chi connectivity index (χ2n) is 28.9. The molecule has 0 saturated heterocycles. The summed E-state index contributed by atoms with van der Waals surface area (Å²) in [5.41, 5.74) is 26.7. The van der Waals surface area contributed by atoms with Crippen LogP contribution >= 0.6 is 0 Å². The maximum atomic E-state index is 7.65. The monoisotopic (exact) mass is 965 g/mol. The maximum absolute atomic E-state index is 7.65. The fourth-order valence-electron chi connectivity index (χ4n) is 14.3. The Morgan fingerprint density at radius 1 is 0.479 bits per heavy atom.